The molecular formula is C11H23N. The second-order valence-corrected chi connectivity index (χ2v) is 4.41. The van der Waals surface area contributed by atoms with Crippen molar-refractivity contribution in [1.82, 2.24) is 0 Å². The van der Waals surface area contributed by atoms with Crippen LogP contribution in [0.2, 0.25) is 0 Å². The van der Waals surface area contributed by atoms with Gasteiger partial charge < -0.3 is 5.73 Å². The monoisotopic (exact) mass is 169 g/mol. The van der Waals surface area contributed by atoms with Gasteiger partial charge in [0.25, 0.3) is 0 Å². The van der Waals surface area contributed by atoms with E-state index in [9.17, 15) is 0 Å². The summed E-state index contributed by atoms with van der Waals surface area (Å²) in [5, 5.41) is 0. The topological polar surface area (TPSA) is 26.0 Å². The number of hydrogen-bond donors (Lipinski definition) is 1. The quantitative estimate of drug-likeness (QED) is 0.690. The lowest BCUT2D eigenvalue weighted by Gasteiger charge is -2.38. The molecule has 0 unspecified atom stereocenters. The van der Waals surface area contributed by atoms with E-state index in [2.05, 4.69) is 13.8 Å². The lowest BCUT2D eigenvalue weighted by molar-refractivity contribution is 0.148. The van der Waals surface area contributed by atoms with Gasteiger partial charge in [-0.1, -0.05) is 20.3 Å². The molecular weight excluding hydrogens is 146 g/mol. The highest BCUT2D eigenvalue weighted by molar-refractivity contribution is 4.84. The van der Waals surface area contributed by atoms with Crippen molar-refractivity contribution in [2.75, 3.05) is 6.54 Å². The second-order valence-electron chi connectivity index (χ2n) is 4.41. The Morgan fingerprint density at radius 3 is 2.17 bits per heavy atom. The Morgan fingerprint density at radius 1 is 1.25 bits per heavy atom. The van der Waals surface area contributed by atoms with Crippen molar-refractivity contribution in [1.29, 1.82) is 0 Å². The molecule has 0 bridgehead atoms. The Morgan fingerprint density at radius 2 is 1.83 bits per heavy atom. The van der Waals surface area contributed by atoms with Crippen molar-refractivity contribution < 1.29 is 0 Å². The average molecular weight is 169 g/mol. The van der Waals surface area contributed by atoms with Crippen LogP contribution in [0.3, 0.4) is 0 Å². The van der Waals surface area contributed by atoms with Crippen LogP contribution in [0.15, 0.2) is 0 Å². The summed E-state index contributed by atoms with van der Waals surface area (Å²) in [4.78, 5) is 0. The van der Waals surface area contributed by atoms with E-state index in [0.29, 0.717) is 5.41 Å². The van der Waals surface area contributed by atoms with Gasteiger partial charge in [-0.05, 0) is 50.0 Å². The van der Waals surface area contributed by atoms with Gasteiger partial charge in [0, 0.05) is 0 Å². The summed E-state index contributed by atoms with van der Waals surface area (Å²) >= 11 is 0. The number of rotatable bonds is 3. The van der Waals surface area contributed by atoms with Gasteiger partial charge in [-0.25, -0.2) is 0 Å². The average Bonchev–Trinajstić information content (AvgIpc) is 2.18. The molecule has 1 rings (SSSR count). The van der Waals surface area contributed by atoms with Crippen molar-refractivity contribution in [2.24, 2.45) is 17.1 Å². The van der Waals surface area contributed by atoms with Gasteiger partial charge in [0.05, 0.1) is 0 Å². The fourth-order valence-electron chi connectivity index (χ4n) is 2.40. The molecule has 0 spiro atoms. The van der Waals surface area contributed by atoms with E-state index in [1.807, 2.05) is 0 Å². The highest BCUT2D eigenvalue weighted by Crippen LogP contribution is 2.41. The van der Waals surface area contributed by atoms with Crippen LogP contribution in [0.4, 0.5) is 0 Å². The van der Waals surface area contributed by atoms with Crippen molar-refractivity contribution in [3.63, 3.8) is 0 Å². The molecule has 0 aliphatic heterocycles. The Kier molecular flexibility index (Phi) is 3.57. The van der Waals surface area contributed by atoms with Gasteiger partial charge in [0.15, 0.2) is 0 Å². The van der Waals surface area contributed by atoms with Crippen LogP contribution in [0.5, 0.6) is 0 Å². The molecule has 0 amide bonds. The molecule has 0 atom stereocenters. The third-order valence-corrected chi connectivity index (χ3v) is 3.93. The summed E-state index contributed by atoms with van der Waals surface area (Å²) in [5.41, 5.74) is 6.36. The summed E-state index contributed by atoms with van der Waals surface area (Å²) in [6.07, 6.45) is 8.23. The van der Waals surface area contributed by atoms with Crippen LogP contribution in [0, 0.1) is 11.3 Å². The van der Waals surface area contributed by atoms with Crippen LogP contribution >= 0.6 is 0 Å². The van der Waals surface area contributed by atoms with Gasteiger partial charge in [0.2, 0.25) is 0 Å². The summed E-state index contributed by atoms with van der Waals surface area (Å²) in [5.74, 6) is 0.997. The van der Waals surface area contributed by atoms with Crippen molar-refractivity contribution in [2.45, 2.75) is 52.4 Å². The maximum atomic E-state index is 5.84. The third-order valence-electron chi connectivity index (χ3n) is 3.93. The maximum absolute atomic E-state index is 5.84. The molecule has 1 saturated carbocycles. The fourth-order valence-corrected chi connectivity index (χ4v) is 2.40. The lowest BCUT2D eigenvalue weighted by atomic mass is 9.68. The third kappa shape index (κ3) is 2.01. The second kappa shape index (κ2) is 4.27. The predicted octanol–water partition coefficient (Wildman–Crippen LogP) is 2.94. The minimum absolute atomic E-state index is 0.520. The normalized spacial score (nSPS) is 36.8. The van der Waals surface area contributed by atoms with E-state index in [1.54, 1.807) is 0 Å². The molecule has 0 saturated heterocycles. The van der Waals surface area contributed by atoms with Crippen LogP contribution in [0.1, 0.15) is 52.4 Å². The highest BCUT2D eigenvalue weighted by atomic mass is 14.6. The number of hydrogen-bond acceptors (Lipinski definition) is 1. The maximum Gasteiger partial charge on any atom is -0.00206 e. The molecule has 12 heavy (non-hydrogen) atoms. The van der Waals surface area contributed by atoms with Crippen LogP contribution < -0.4 is 5.73 Å². The molecule has 1 aliphatic carbocycles. The zero-order chi connectivity index (χ0) is 9.03. The Balaban J connectivity index is 2.42. The minimum Gasteiger partial charge on any atom is -0.330 e. The lowest BCUT2D eigenvalue weighted by Crippen LogP contribution is -2.34. The first-order valence-electron chi connectivity index (χ1n) is 5.46. The first-order valence-corrected chi connectivity index (χ1v) is 5.46. The Bertz CT molecular complexity index is 117. The Labute approximate surface area is 76.7 Å². The molecule has 0 heterocycles. The summed E-state index contributed by atoms with van der Waals surface area (Å²) in [6, 6.07) is 0. The van der Waals surface area contributed by atoms with E-state index in [1.165, 1.54) is 38.5 Å². The largest absolute Gasteiger partial charge is 0.330 e. The first kappa shape index (κ1) is 10.0. The van der Waals surface area contributed by atoms with Crippen LogP contribution in [0.25, 0.3) is 0 Å². The van der Waals surface area contributed by atoms with Crippen molar-refractivity contribution in [3.8, 4) is 0 Å². The van der Waals surface area contributed by atoms with Crippen molar-refractivity contribution >= 4 is 0 Å². The first-order chi connectivity index (χ1) is 5.76. The van der Waals surface area contributed by atoms with Gasteiger partial charge in [-0.15, -0.1) is 0 Å². The zero-order valence-electron chi connectivity index (χ0n) is 8.60. The fraction of sp³-hybridized carbons (Fsp3) is 1.00. The molecule has 1 heteroatoms. The zero-order valence-corrected chi connectivity index (χ0v) is 8.60. The van der Waals surface area contributed by atoms with Gasteiger partial charge in [-0.2, -0.15) is 0 Å². The van der Waals surface area contributed by atoms with E-state index in [4.69, 9.17) is 5.73 Å². The standard InChI is InChI=1S/C11H23N/c1-3-10-5-7-11(4-2,9-12)8-6-10/h10H,3-9,12H2,1-2H3. The summed E-state index contributed by atoms with van der Waals surface area (Å²) < 4.78 is 0. The molecule has 0 aromatic carbocycles. The van der Waals surface area contributed by atoms with E-state index < -0.39 is 0 Å². The van der Waals surface area contributed by atoms with Crippen LogP contribution in [-0.2, 0) is 0 Å². The van der Waals surface area contributed by atoms with Gasteiger partial charge in [0.1, 0.15) is 0 Å². The van der Waals surface area contributed by atoms with E-state index in [0.717, 1.165) is 12.5 Å². The molecule has 0 radical (unpaired) electrons. The molecule has 0 aromatic rings. The van der Waals surface area contributed by atoms with Crippen LogP contribution in [-0.4, -0.2) is 6.54 Å². The smallest absolute Gasteiger partial charge is 0.00206 e. The van der Waals surface area contributed by atoms with E-state index >= 15 is 0 Å². The molecule has 1 nitrogen and oxygen atoms in total. The van der Waals surface area contributed by atoms with Gasteiger partial charge in [-0.3, -0.25) is 0 Å². The molecule has 2 N–H and O–H groups in total. The number of nitrogens with two attached hydrogens (primary N) is 1. The predicted molar refractivity (Wildman–Crippen MR) is 54.0 cm³/mol. The minimum atomic E-state index is 0.520. The molecule has 0 aromatic heterocycles. The van der Waals surface area contributed by atoms with Gasteiger partial charge >= 0.3 is 0 Å². The Hall–Kier alpha value is -0.0400. The highest BCUT2D eigenvalue weighted by Gasteiger charge is 2.31. The molecule has 1 fully saturated rings. The summed E-state index contributed by atoms with van der Waals surface area (Å²) in [6.45, 7) is 5.51. The molecule has 72 valence electrons. The molecule has 1 aliphatic rings. The summed E-state index contributed by atoms with van der Waals surface area (Å²) in [7, 11) is 0. The van der Waals surface area contributed by atoms with E-state index in [-0.39, 0.29) is 0 Å². The van der Waals surface area contributed by atoms with Crippen molar-refractivity contribution in [3.05, 3.63) is 0 Å². The SMILES string of the molecule is CCC1CCC(CC)(CN)CC1.